The molecule has 2 heterocycles. The number of aliphatic imine (C=N–C) groups is 1. The van der Waals surface area contributed by atoms with E-state index in [1.807, 2.05) is 33.3 Å². The highest BCUT2D eigenvalue weighted by Gasteiger charge is 2.12. The standard InChI is InChI=1S/C16H20N2.C12H25N3O.C3H7NO.C2H6/c1-2-16-11-7-4-8-12-18(14-17-16)13-15-9-5-3-6-10-15;1-3-14(9-8-13(2)12-16)10-11-15-6-4-5-7-15;1-3(5)4-2;1-2/h3,5-6,8-12,14H,2,4,7,13H2,1H3;12H,3-11H2,1-2H3;1-2H3,(H,4,5);1-2H3/b12-8+,16-11+,17-14?;;;. The van der Waals surface area contributed by atoms with Crippen molar-refractivity contribution in [2.45, 2.75) is 73.3 Å². The van der Waals surface area contributed by atoms with E-state index in [0.29, 0.717) is 0 Å². The van der Waals surface area contributed by atoms with Crippen LogP contribution in [-0.2, 0) is 16.1 Å². The Bertz CT molecular complexity index is 866. The number of hydrogen-bond acceptors (Lipinski definition) is 6. The summed E-state index contributed by atoms with van der Waals surface area (Å²) < 4.78 is 0. The molecule has 0 saturated carbocycles. The molecule has 1 aromatic rings. The average Bonchev–Trinajstić information content (AvgIpc) is 3.56. The van der Waals surface area contributed by atoms with E-state index in [1.165, 1.54) is 50.7 Å². The monoisotopic (exact) mass is 570 g/mol. The number of hydrogen-bond donors (Lipinski definition) is 1. The Balaban J connectivity index is 0.000000641. The summed E-state index contributed by atoms with van der Waals surface area (Å²) in [6.07, 6.45) is 15.3. The zero-order valence-electron chi connectivity index (χ0n) is 27.0. The molecule has 232 valence electrons. The lowest BCUT2D eigenvalue weighted by atomic mass is 10.2. The smallest absolute Gasteiger partial charge is 0.216 e. The number of allylic oxidation sites excluding steroid dienone is 3. The first-order valence-corrected chi connectivity index (χ1v) is 15.4. The van der Waals surface area contributed by atoms with Crippen LogP contribution >= 0.6 is 0 Å². The van der Waals surface area contributed by atoms with E-state index >= 15 is 0 Å². The number of rotatable bonds is 11. The molecule has 3 rings (SSSR count). The van der Waals surface area contributed by atoms with Crippen molar-refractivity contribution in [3.05, 3.63) is 59.9 Å². The number of nitrogens with zero attached hydrogens (tertiary/aromatic N) is 5. The molecule has 0 aromatic heterocycles. The molecule has 8 nitrogen and oxygen atoms in total. The summed E-state index contributed by atoms with van der Waals surface area (Å²) in [5.74, 6) is 0.00463. The molecular formula is C33H58N6O2. The van der Waals surface area contributed by atoms with E-state index in [0.717, 1.165) is 58.4 Å². The third kappa shape index (κ3) is 20.5. The van der Waals surface area contributed by atoms with Crippen molar-refractivity contribution < 1.29 is 9.59 Å². The molecule has 0 unspecified atom stereocenters. The van der Waals surface area contributed by atoms with Gasteiger partial charge in [0.2, 0.25) is 12.3 Å². The van der Waals surface area contributed by atoms with Gasteiger partial charge >= 0.3 is 0 Å². The van der Waals surface area contributed by atoms with Gasteiger partial charge in [-0.1, -0.05) is 70.2 Å². The van der Waals surface area contributed by atoms with Gasteiger partial charge < -0.3 is 24.9 Å². The minimum atomic E-state index is 0.00463. The minimum absolute atomic E-state index is 0.00463. The highest BCUT2D eigenvalue weighted by atomic mass is 16.1. The zero-order chi connectivity index (χ0) is 30.7. The minimum Gasteiger partial charge on any atom is -0.359 e. The van der Waals surface area contributed by atoms with Crippen LogP contribution in [0.3, 0.4) is 0 Å². The molecule has 1 saturated heterocycles. The largest absolute Gasteiger partial charge is 0.359 e. The molecule has 2 amide bonds. The Morgan fingerprint density at radius 1 is 1.05 bits per heavy atom. The lowest BCUT2D eigenvalue weighted by Gasteiger charge is -2.25. The van der Waals surface area contributed by atoms with Crippen molar-refractivity contribution in [2.24, 2.45) is 4.99 Å². The van der Waals surface area contributed by atoms with Gasteiger partial charge in [0.15, 0.2) is 0 Å². The van der Waals surface area contributed by atoms with Crippen molar-refractivity contribution >= 4 is 18.7 Å². The molecule has 0 atom stereocenters. The summed E-state index contributed by atoms with van der Waals surface area (Å²) in [5, 5.41) is 2.39. The van der Waals surface area contributed by atoms with E-state index < -0.39 is 0 Å². The van der Waals surface area contributed by atoms with Gasteiger partial charge in [-0.05, 0) is 57.3 Å². The van der Waals surface area contributed by atoms with Gasteiger partial charge in [-0.3, -0.25) is 9.59 Å². The van der Waals surface area contributed by atoms with E-state index in [4.69, 9.17) is 0 Å². The van der Waals surface area contributed by atoms with Gasteiger partial charge in [0.25, 0.3) is 0 Å². The Morgan fingerprint density at radius 2 is 1.71 bits per heavy atom. The molecule has 0 aliphatic carbocycles. The van der Waals surface area contributed by atoms with Crippen LogP contribution in [0.15, 0.2) is 59.4 Å². The predicted octanol–water partition coefficient (Wildman–Crippen LogP) is 5.39. The van der Waals surface area contributed by atoms with Crippen LogP contribution in [-0.4, -0.2) is 98.2 Å². The van der Waals surface area contributed by atoms with Gasteiger partial charge in [-0.25, -0.2) is 4.99 Å². The second kappa shape index (κ2) is 26.0. The summed E-state index contributed by atoms with van der Waals surface area (Å²) in [4.78, 5) is 33.5. The molecular weight excluding hydrogens is 512 g/mol. The van der Waals surface area contributed by atoms with Crippen LogP contribution in [0.5, 0.6) is 0 Å². The van der Waals surface area contributed by atoms with Crippen molar-refractivity contribution in [2.75, 3.05) is 59.9 Å². The quantitative estimate of drug-likeness (QED) is 0.361. The maximum atomic E-state index is 10.5. The van der Waals surface area contributed by atoms with E-state index in [1.54, 1.807) is 11.9 Å². The molecule has 2 aliphatic heterocycles. The van der Waals surface area contributed by atoms with Crippen molar-refractivity contribution in [3.63, 3.8) is 0 Å². The summed E-state index contributed by atoms with van der Waals surface area (Å²) in [5.41, 5.74) is 2.48. The molecule has 1 aromatic carbocycles. The first-order valence-electron chi connectivity index (χ1n) is 15.4. The third-order valence-corrected chi connectivity index (χ3v) is 6.63. The van der Waals surface area contributed by atoms with Crippen molar-refractivity contribution in [3.8, 4) is 0 Å². The topological polar surface area (TPSA) is 71.5 Å². The normalized spacial score (nSPS) is 16.6. The van der Waals surface area contributed by atoms with Crippen LogP contribution in [0.4, 0.5) is 0 Å². The second-order valence-electron chi connectivity index (χ2n) is 9.79. The van der Waals surface area contributed by atoms with Crippen LogP contribution in [0.25, 0.3) is 0 Å². The van der Waals surface area contributed by atoms with Gasteiger partial charge in [0, 0.05) is 65.6 Å². The predicted molar refractivity (Wildman–Crippen MR) is 175 cm³/mol. The number of likely N-dealkylation sites (N-methyl/N-ethyl adjacent to an activating group) is 2. The first kappa shape index (κ1) is 38.0. The fourth-order valence-corrected chi connectivity index (χ4v) is 3.99. The Morgan fingerprint density at radius 3 is 2.27 bits per heavy atom. The average molecular weight is 571 g/mol. The number of carbonyl (C=O) groups excluding carboxylic acids is 2. The molecule has 2 aliphatic rings. The third-order valence-electron chi connectivity index (χ3n) is 6.63. The van der Waals surface area contributed by atoms with Gasteiger partial charge in [0.1, 0.15) is 0 Å². The lowest BCUT2D eigenvalue weighted by molar-refractivity contribution is -0.118. The zero-order valence-corrected chi connectivity index (χ0v) is 27.0. The highest BCUT2D eigenvalue weighted by Crippen LogP contribution is 2.10. The SMILES string of the molecule is CC.CC/C1=C\CC/C=C/N(Cc2ccccc2)C=N1.CCN(CCN(C)C=O)CCN1CCCC1.CNC(C)=O. The van der Waals surface area contributed by atoms with Gasteiger partial charge in [-0.15, -0.1) is 0 Å². The van der Waals surface area contributed by atoms with Crippen molar-refractivity contribution in [1.29, 1.82) is 0 Å². The second-order valence-corrected chi connectivity index (χ2v) is 9.79. The summed E-state index contributed by atoms with van der Waals surface area (Å²) >= 11 is 0. The van der Waals surface area contributed by atoms with E-state index in [2.05, 4.69) is 81.5 Å². The number of amides is 2. The number of likely N-dealkylation sites (tertiary alicyclic amines) is 1. The first-order chi connectivity index (χ1) is 19.9. The number of nitrogens with one attached hydrogen (secondary N) is 1. The van der Waals surface area contributed by atoms with Crippen LogP contribution < -0.4 is 5.32 Å². The molecule has 0 bridgehead atoms. The maximum absolute atomic E-state index is 10.5. The molecule has 8 heteroatoms. The van der Waals surface area contributed by atoms with Crippen molar-refractivity contribution in [1.82, 2.24) is 24.9 Å². The van der Waals surface area contributed by atoms with Crippen LogP contribution in [0, 0.1) is 0 Å². The summed E-state index contributed by atoms with van der Waals surface area (Å²) in [6.45, 7) is 18.4. The fourth-order valence-electron chi connectivity index (χ4n) is 3.99. The van der Waals surface area contributed by atoms with Gasteiger partial charge in [-0.2, -0.15) is 0 Å². The van der Waals surface area contributed by atoms with Crippen LogP contribution in [0.1, 0.15) is 72.3 Å². The Kier molecular flexibility index (Phi) is 24.1. The van der Waals surface area contributed by atoms with Gasteiger partial charge in [0.05, 0.1) is 6.34 Å². The molecule has 41 heavy (non-hydrogen) atoms. The van der Waals surface area contributed by atoms with E-state index in [-0.39, 0.29) is 5.91 Å². The molecule has 1 N–H and O–H groups in total. The lowest BCUT2D eigenvalue weighted by Crippen LogP contribution is -2.37. The molecule has 1 fully saturated rings. The Hall–Kier alpha value is -2.97. The highest BCUT2D eigenvalue weighted by molar-refractivity contribution is 5.72. The number of carbonyl (C=O) groups is 2. The van der Waals surface area contributed by atoms with E-state index in [9.17, 15) is 9.59 Å². The Labute approximate surface area is 251 Å². The molecule has 0 radical (unpaired) electrons. The van der Waals surface area contributed by atoms with Crippen LogP contribution in [0.2, 0.25) is 0 Å². The molecule has 0 spiro atoms. The maximum Gasteiger partial charge on any atom is 0.216 e. The number of benzene rings is 1. The summed E-state index contributed by atoms with van der Waals surface area (Å²) in [7, 11) is 3.43. The fraction of sp³-hybridized carbons (Fsp3) is 0.606. The summed E-state index contributed by atoms with van der Waals surface area (Å²) in [6, 6.07) is 10.5.